The molecule has 0 aliphatic heterocycles. The van der Waals surface area contributed by atoms with E-state index in [9.17, 15) is 5.11 Å². The van der Waals surface area contributed by atoms with E-state index in [1.807, 2.05) is 24.3 Å². The molecular formula is C12H16ClNO. The second-order valence-electron chi connectivity index (χ2n) is 4.39. The van der Waals surface area contributed by atoms with Crippen molar-refractivity contribution in [3.8, 4) is 0 Å². The van der Waals surface area contributed by atoms with Crippen molar-refractivity contribution in [1.29, 1.82) is 0 Å². The van der Waals surface area contributed by atoms with Gasteiger partial charge >= 0.3 is 0 Å². The number of halogens is 1. The fraction of sp³-hybridized carbons (Fsp3) is 0.500. The Hall–Kier alpha value is -0.570. The van der Waals surface area contributed by atoms with Crippen LogP contribution in [0.3, 0.4) is 0 Å². The van der Waals surface area contributed by atoms with Gasteiger partial charge in [0.1, 0.15) is 0 Å². The summed E-state index contributed by atoms with van der Waals surface area (Å²) in [7, 11) is 0. The van der Waals surface area contributed by atoms with E-state index in [2.05, 4.69) is 0 Å². The fourth-order valence-corrected chi connectivity index (χ4v) is 2.31. The summed E-state index contributed by atoms with van der Waals surface area (Å²) in [6, 6.07) is 7.72. The molecule has 1 saturated carbocycles. The molecule has 0 heterocycles. The summed E-state index contributed by atoms with van der Waals surface area (Å²) in [5.41, 5.74) is 7.19. The van der Waals surface area contributed by atoms with Crippen LogP contribution in [0.15, 0.2) is 24.3 Å². The molecule has 1 aliphatic carbocycles. The first-order valence-electron chi connectivity index (χ1n) is 5.33. The molecule has 15 heavy (non-hydrogen) atoms. The monoisotopic (exact) mass is 225 g/mol. The molecule has 0 amide bonds. The van der Waals surface area contributed by atoms with Crippen LogP contribution >= 0.6 is 11.6 Å². The minimum absolute atomic E-state index is 0.172. The summed E-state index contributed by atoms with van der Waals surface area (Å²) in [6.45, 7) is 0. The van der Waals surface area contributed by atoms with Gasteiger partial charge in [-0.15, -0.1) is 0 Å². The van der Waals surface area contributed by atoms with Gasteiger partial charge < -0.3 is 10.8 Å². The maximum atomic E-state index is 9.46. The summed E-state index contributed by atoms with van der Waals surface area (Å²) in [5.74, 6) is 0. The molecule has 0 atom stereocenters. The van der Waals surface area contributed by atoms with Crippen molar-refractivity contribution >= 4 is 11.6 Å². The van der Waals surface area contributed by atoms with Gasteiger partial charge in [0, 0.05) is 10.6 Å². The predicted octanol–water partition coefficient (Wildman–Crippen LogP) is 2.43. The van der Waals surface area contributed by atoms with Crippen molar-refractivity contribution in [2.45, 2.75) is 37.3 Å². The van der Waals surface area contributed by atoms with E-state index in [1.54, 1.807) is 0 Å². The molecule has 1 aromatic carbocycles. The molecule has 0 aromatic heterocycles. The normalized spacial score (nSPS) is 31.5. The van der Waals surface area contributed by atoms with E-state index in [0.717, 1.165) is 36.3 Å². The molecule has 2 rings (SSSR count). The lowest BCUT2D eigenvalue weighted by Crippen LogP contribution is -2.41. The highest BCUT2D eigenvalue weighted by molar-refractivity contribution is 6.30. The van der Waals surface area contributed by atoms with Gasteiger partial charge in [-0.3, -0.25) is 0 Å². The van der Waals surface area contributed by atoms with Gasteiger partial charge in [0.2, 0.25) is 0 Å². The lowest BCUT2D eigenvalue weighted by Gasteiger charge is -2.36. The van der Waals surface area contributed by atoms with E-state index in [-0.39, 0.29) is 11.6 Å². The van der Waals surface area contributed by atoms with Crippen LogP contribution < -0.4 is 5.73 Å². The Morgan fingerprint density at radius 2 is 1.73 bits per heavy atom. The summed E-state index contributed by atoms with van der Waals surface area (Å²) < 4.78 is 0. The Morgan fingerprint density at radius 1 is 1.20 bits per heavy atom. The summed E-state index contributed by atoms with van der Waals surface area (Å²) in [5, 5.41) is 10.2. The van der Waals surface area contributed by atoms with E-state index in [1.165, 1.54) is 0 Å². The third-order valence-electron chi connectivity index (χ3n) is 3.27. The second kappa shape index (κ2) is 4.12. The van der Waals surface area contributed by atoms with Crippen LogP contribution in [-0.4, -0.2) is 11.2 Å². The van der Waals surface area contributed by atoms with E-state index >= 15 is 0 Å². The predicted molar refractivity (Wildman–Crippen MR) is 61.8 cm³/mol. The molecule has 1 aromatic rings. The van der Waals surface area contributed by atoms with Gasteiger partial charge in [0.15, 0.2) is 0 Å². The molecule has 3 heteroatoms. The van der Waals surface area contributed by atoms with Crippen molar-refractivity contribution in [3.05, 3.63) is 34.9 Å². The number of rotatable bonds is 1. The minimum Gasteiger partial charge on any atom is -0.393 e. The molecule has 1 fully saturated rings. The molecule has 2 nitrogen and oxygen atoms in total. The standard InChI is InChI=1S/C12H16ClNO/c13-10-3-1-9(2-4-10)12(14)7-5-11(15)6-8-12/h1-4,11,15H,5-8,14H2. The van der Waals surface area contributed by atoms with Crippen LogP contribution in [0.2, 0.25) is 5.02 Å². The Bertz CT molecular complexity index is 328. The van der Waals surface area contributed by atoms with Crippen molar-refractivity contribution in [2.75, 3.05) is 0 Å². The number of hydrogen-bond acceptors (Lipinski definition) is 2. The van der Waals surface area contributed by atoms with Gasteiger partial charge in [-0.05, 0) is 43.4 Å². The molecular weight excluding hydrogens is 210 g/mol. The highest BCUT2D eigenvalue weighted by Gasteiger charge is 2.32. The summed E-state index contributed by atoms with van der Waals surface area (Å²) in [6.07, 6.45) is 3.10. The van der Waals surface area contributed by atoms with Gasteiger partial charge in [-0.25, -0.2) is 0 Å². The second-order valence-corrected chi connectivity index (χ2v) is 4.83. The minimum atomic E-state index is -0.274. The fourth-order valence-electron chi connectivity index (χ4n) is 2.19. The molecule has 0 saturated heterocycles. The number of aliphatic hydroxyl groups excluding tert-OH is 1. The van der Waals surface area contributed by atoms with Crippen LogP contribution in [0.4, 0.5) is 0 Å². The van der Waals surface area contributed by atoms with Gasteiger partial charge in [0.05, 0.1) is 6.10 Å². The first kappa shape index (κ1) is 10.9. The van der Waals surface area contributed by atoms with E-state index < -0.39 is 0 Å². The Balaban J connectivity index is 2.18. The van der Waals surface area contributed by atoms with Crippen molar-refractivity contribution in [1.82, 2.24) is 0 Å². The molecule has 82 valence electrons. The number of nitrogens with two attached hydrogens (primary N) is 1. The number of hydrogen-bond donors (Lipinski definition) is 2. The van der Waals surface area contributed by atoms with E-state index in [4.69, 9.17) is 17.3 Å². The molecule has 0 radical (unpaired) electrons. The number of benzene rings is 1. The lowest BCUT2D eigenvalue weighted by atomic mass is 9.76. The first-order chi connectivity index (χ1) is 7.10. The molecule has 0 bridgehead atoms. The SMILES string of the molecule is NC1(c2ccc(Cl)cc2)CCC(O)CC1. The van der Waals surface area contributed by atoms with Crippen LogP contribution in [0, 0.1) is 0 Å². The quantitative estimate of drug-likeness (QED) is 0.771. The third-order valence-corrected chi connectivity index (χ3v) is 3.52. The zero-order valence-corrected chi connectivity index (χ0v) is 9.37. The largest absolute Gasteiger partial charge is 0.393 e. The Kier molecular flexibility index (Phi) is 3.01. The van der Waals surface area contributed by atoms with Crippen LogP contribution in [0.25, 0.3) is 0 Å². The third kappa shape index (κ3) is 2.33. The smallest absolute Gasteiger partial charge is 0.0541 e. The van der Waals surface area contributed by atoms with Gasteiger partial charge in [0.25, 0.3) is 0 Å². The Morgan fingerprint density at radius 3 is 2.27 bits per heavy atom. The van der Waals surface area contributed by atoms with Gasteiger partial charge in [-0.2, -0.15) is 0 Å². The van der Waals surface area contributed by atoms with Gasteiger partial charge in [-0.1, -0.05) is 23.7 Å². The molecule has 0 unspecified atom stereocenters. The summed E-state index contributed by atoms with van der Waals surface area (Å²) in [4.78, 5) is 0. The van der Waals surface area contributed by atoms with Crippen molar-refractivity contribution in [3.63, 3.8) is 0 Å². The maximum absolute atomic E-state index is 9.46. The highest BCUT2D eigenvalue weighted by atomic mass is 35.5. The van der Waals surface area contributed by atoms with Crippen LogP contribution in [0.5, 0.6) is 0 Å². The first-order valence-corrected chi connectivity index (χ1v) is 5.71. The zero-order chi connectivity index (χ0) is 10.9. The topological polar surface area (TPSA) is 46.2 Å². The van der Waals surface area contributed by atoms with E-state index in [0.29, 0.717) is 0 Å². The molecule has 3 N–H and O–H groups in total. The number of aliphatic hydroxyl groups is 1. The maximum Gasteiger partial charge on any atom is 0.0541 e. The molecule has 1 aliphatic rings. The van der Waals surface area contributed by atoms with Crippen molar-refractivity contribution in [2.24, 2.45) is 5.73 Å². The van der Waals surface area contributed by atoms with Crippen LogP contribution in [0.1, 0.15) is 31.2 Å². The zero-order valence-electron chi connectivity index (χ0n) is 8.62. The average Bonchev–Trinajstić information content (AvgIpc) is 2.24. The Labute approximate surface area is 95.1 Å². The van der Waals surface area contributed by atoms with Crippen molar-refractivity contribution < 1.29 is 5.11 Å². The summed E-state index contributed by atoms with van der Waals surface area (Å²) >= 11 is 5.84. The lowest BCUT2D eigenvalue weighted by molar-refractivity contribution is 0.0969. The highest BCUT2D eigenvalue weighted by Crippen LogP contribution is 2.35. The van der Waals surface area contributed by atoms with Crippen LogP contribution in [-0.2, 0) is 5.54 Å². The average molecular weight is 226 g/mol. The molecule has 0 spiro atoms.